The molecule has 1 heteroatoms. The van der Waals surface area contributed by atoms with E-state index in [4.69, 9.17) is 0 Å². The van der Waals surface area contributed by atoms with Crippen LogP contribution in [0.15, 0.2) is 21.6 Å². The Morgan fingerprint density at radius 1 is 1.71 bits per heavy atom. The molecule has 7 heavy (non-hydrogen) atoms. The number of rotatable bonds is 1. The first-order valence-electron chi connectivity index (χ1n) is 2.47. The van der Waals surface area contributed by atoms with Gasteiger partial charge in [0.15, 0.2) is 0 Å². The quantitative estimate of drug-likeness (QED) is 0.631. The molecule has 0 aromatic rings. The summed E-state index contributed by atoms with van der Waals surface area (Å²) in [7, 11) is 0. The van der Waals surface area contributed by atoms with Crippen LogP contribution < -0.4 is 0 Å². The van der Waals surface area contributed by atoms with Crippen LogP contribution in [0.3, 0.4) is 0 Å². The van der Waals surface area contributed by atoms with E-state index < -0.39 is 0 Å². The molecule has 0 bridgehead atoms. The van der Waals surface area contributed by atoms with Gasteiger partial charge in [-0.05, 0) is 0 Å². The van der Waals surface area contributed by atoms with Crippen molar-refractivity contribution in [2.24, 2.45) is 0 Å². The molecule has 0 aromatic carbocycles. The Morgan fingerprint density at radius 3 is 2.86 bits per heavy atom. The van der Waals surface area contributed by atoms with Crippen LogP contribution in [0.2, 0.25) is 4.68 Å². The average molecular weight is 259 g/mol. The summed E-state index contributed by atoms with van der Waals surface area (Å²) in [5.41, 5.74) is 0. The third-order valence-electron chi connectivity index (χ3n) is 1.09. The standard InChI is InChI=1S/C5H5.CH3.Hf/c1-2-4-5-3-1;;/h1-3H,4H2;1H3;. The molecular weight excluding hydrogens is 251 g/mol. The first kappa shape index (κ1) is 5.49. The predicted octanol–water partition coefficient (Wildman–Crippen LogP) is 1.96. The predicted molar refractivity (Wildman–Crippen MR) is 27.7 cm³/mol. The van der Waals surface area contributed by atoms with E-state index >= 15 is 0 Å². The normalized spacial score (nSPS) is 17.0. The van der Waals surface area contributed by atoms with Crippen molar-refractivity contribution in [2.45, 2.75) is 11.1 Å². The van der Waals surface area contributed by atoms with Gasteiger partial charge in [0.2, 0.25) is 0 Å². The van der Waals surface area contributed by atoms with Crippen LogP contribution in [0.5, 0.6) is 0 Å². The monoisotopic (exact) mass is 260 g/mol. The van der Waals surface area contributed by atoms with Gasteiger partial charge in [-0.1, -0.05) is 0 Å². The molecule has 1 rings (SSSR count). The molecule has 0 nitrogen and oxygen atoms in total. The van der Waals surface area contributed by atoms with E-state index in [-0.39, 0.29) is 22.9 Å². The molecule has 0 unspecified atom stereocenters. The second-order valence-corrected chi connectivity index (χ2v) is 5.68. The van der Waals surface area contributed by atoms with Crippen LogP contribution in [0, 0.1) is 0 Å². The molecule has 0 heterocycles. The van der Waals surface area contributed by atoms with Crippen LogP contribution in [-0.4, -0.2) is 0 Å². The number of hydrogen-bond acceptors (Lipinski definition) is 0. The molecule has 0 saturated carbocycles. The molecule has 1 aliphatic carbocycles. The fourth-order valence-corrected chi connectivity index (χ4v) is 2.73. The summed E-state index contributed by atoms with van der Waals surface area (Å²) in [4.78, 5) is 0. The summed E-state index contributed by atoms with van der Waals surface area (Å²) in [6.07, 6.45) is 7.97. The summed E-state index contributed by atoms with van der Waals surface area (Å²) >= 11 is -0.221. The van der Waals surface area contributed by atoms with Gasteiger partial charge in [0, 0.05) is 0 Å². The second kappa shape index (κ2) is 2.61. The van der Waals surface area contributed by atoms with Crippen molar-refractivity contribution in [3.05, 3.63) is 21.6 Å². The zero-order valence-electron chi connectivity index (χ0n) is 4.44. The van der Waals surface area contributed by atoms with Crippen molar-refractivity contribution < 1.29 is 22.9 Å². The van der Waals surface area contributed by atoms with Gasteiger partial charge in [-0.3, -0.25) is 0 Å². The molecule has 0 spiro atoms. The molecule has 1 aliphatic rings. The molecule has 0 amide bonds. The minimum atomic E-state index is -0.221. The molecule has 0 aromatic heterocycles. The van der Waals surface area contributed by atoms with Gasteiger partial charge in [-0.2, -0.15) is 0 Å². The molecule has 0 atom stereocenters. The zero-order chi connectivity index (χ0) is 5.11. The maximum absolute atomic E-state index is 2.39. The SMILES string of the molecule is [CH3][Hf][C]1=CC=CC1. The van der Waals surface area contributed by atoms with Crippen molar-refractivity contribution in [1.29, 1.82) is 0 Å². The molecular formula is C6H8Hf. The molecule has 0 saturated heterocycles. The van der Waals surface area contributed by atoms with Gasteiger partial charge < -0.3 is 0 Å². The van der Waals surface area contributed by atoms with E-state index in [1.54, 1.807) is 3.33 Å². The number of allylic oxidation sites excluding steroid dienone is 4. The van der Waals surface area contributed by atoms with Crippen LogP contribution in [0.4, 0.5) is 0 Å². The molecule has 0 radical (unpaired) electrons. The van der Waals surface area contributed by atoms with Crippen LogP contribution >= 0.6 is 0 Å². The topological polar surface area (TPSA) is 0 Å². The third kappa shape index (κ3) is 1.37. The maximum atomic E-state index is 2.39. The summed E-state index contributed by atoms with van der Waals surface area (Å²) in [5.74, 6) is 0. The Labute approximate surface area is 55.7 Å². The summed E-state index contributed by atoms with van der Waals surface area (Å²) in [5, 5.41) is 0. The summed E-state index contributed by atoms with van der Waals surface area (Å²) < 4.78 is 4.14. The summed E-state index contributed by atoms with van der Waals surface area (Å²) in [6, 6.07) is 0. The summed E-state index contributed by atoms with van der Waals surface area (Å²) in [6.45, 7) is 0. The van der Waals surface area contributed by atoms with Crippen molar-refractivity contribution in [1.82, 2.24) is 0 Å². The van der Waals surface area contributed by atoms with Crippen molar-refractivity contribution >= 4 is 0 Å². The first-order chi connectivity index (χ1) is 3.43. The van der Waals surface area contributed by atoms with Crippen LogP contribution in [0.1, 0.15) is 6.42 Å². The Balaban J connectivity index is 2.45. The van der Waals surface area contributed by atoms with Gasteiger partial charge in [0.05, 0.1) is 0 Å². The first-order valence-corrected chi connectivity index (χ1v) is 7.86. The van der Waals surface area contributed by atoms with Gasteiger partial charge in [-0.25, -0.2) is 0 Å². The molecule has 0 fully saturated rings. The van der Waals surface area contributed by atoms with Crippen molar-refractivity contribution in [3.63, 3.8) is 0 Å². The Morgan fingerprint density at radius 2 is 2.57 bits per heavy atom. The van der Waals surface area contributed by atoms with Crippen molar-refractivity contribution in [3.8, 4) is 0 Å². The Bertz CT molecular complexity index is 111. The van der Waals surface area contributed by atoms with Crippen molar-refractivity contribution in [2.75, 3.05) is 0 Å². The van der Waals surface area contributed by atoms with E-state index in [0.717, 1.165) is 0 Å². The van der Waals surface area contributed by atoms with E-state index in [2.05, 4.69) is 22.9 Å². The van der Waals surface area contributed by atoms with Crippen LogP contribution in [-0.2, 0) is 22.9 Å². The fourth-order valence-electron chi connectivity index (χ4n) is 0.633. The van der Waals surface area contributed by atoms with Gasteiger partial charge in [0.25, 0.3) is 0 Å². The molecule has 36 valence electrons. The molecule has 0 N–H and O–H groups in total. The Kier molecular flexibility index (Phi) is 2.04. The number of hydrogen-bond donors (Lipinski definition) is 0. The Hall–Kier alpha value is 0.350. The van der Waals surface area contributed by atoms with E-state index in [0.29, 0.717) is 0 Å². The third-order valence-corrected chi connectivity index (χ3v) is 4.73. The van der Waals surface area contributed by atoms with E-state index in [1.165, 1.54) is 6.42 Å². The minimum absolute atomic E-state index is 0.221. The van der Waals surface area contributed by atoms with Gasteiger partial charge >= 0.3 is 55.6 Å². The van der Waals surface area contributed by atoms with E-state index in [9.17, 15) is 0 Å². The average Bonchev–Trinajstić information content (AvgIpc) is 2.14. The second-order valence-electron chi connectivity index (χ2n) is 1.57. The van der Waals surface area contributed by atoms with E-state index in [1.807, 2.05) is 0 Å². The van der Waals surface area contributed by atoms with Crippen LogP contribution in [0.25, 0.3) is 0 Å². The fraction of sp³-hybridized carbons (Fsp3) is 0.333. The van der Waals surface area contributed by atoms with Gasteiger partial charge in [0.1, 0.15) is 0 Å². The zero-order valence-corrected chi connectivity index (χ0v) is 8.03. The van der Waals surface area contributed by atoms with Gasteiger partial charge in [-0.15, -0.1) is 0 Å². The molecule has 0 aliphatic heterocycles.